The molecule has 0 saturated carbocycles. The molecule has 0 aliphatic rings. The van der Waals surface area contributed by atoms with E-state index in [0.29, 0.717) is 5.56 Å². The molecule has 0 bridgehead atoms. The summed E-state index contributed by atoms with van der Waals surface area (Å²) in [7, 11) is 0. The standard InChI is InChI=1S/C13H13F2N3/c1-8-2-3-9(7-17-8)13(18-16)11-6-10(14)4-5-12(11)15/h2-7,13,18H,16H2,1H3. The summed E-state index contributed by atoms with van der Waals surface area (Å²) in [6, 6.07) is 6.21. The molecule has 0 saturated heterocycles. The molecule has 0 spiro atoms. The van der Waals surface area contributed by atoms with Gasteiger partial charge in [-0.1, -0.05) is 6.07 Å². The lowest BCUT2D eigenvalue weighted by atomic mass is 10.00. The second kappa shape index (κ2) is 5.20. The SMILES string of the molecule is Cc1ccc(C(NN)c2cc(F)ccc2F)cn1. The van der Waals surface area contributed by atoms with Crippen LogP contribution in [-0.4, -0.2) is 4.98 Å². The molecule has 0 aliphatic carbocycles. The Morgan fingerprint density at radius 2 is 2.00 bits per heavy atom. The second-order valence-electron chi connectivity index (χ2n) is 4.00. The van der Waals surface area contributed by atoms with E-state index in [9.17, 15) is 8.78 Å². The molecule has 18 heavy (non-hydrogen) atoms. The number of aromatic nitrogens is 1. The number of halogens is 2. The fraction of sp³-hybridized carbons (Fsp3) is 0.154. The van der Waals surface area contributed by atoms with Gasteiger partial charge in [-0.25, -0.2) is 14.2 Å². The molecule has 1 aromatic carbocycles. The molecule has 3 N–H and O–H groups in total. The van der Waals surface area contributed by atoms with Gasteiger partial charge in [0.25, 0.3) is 0 Å². The molecular weight excluding hydrogens is 236 g/mol. The van der Waals surface area contributed by atoms with E-state index in [1.165, 1.54) is 0 Å². The number of aryl methyl sites for hydroxylation is 1. The van der Waals surface area contributed by atoms with Gasteiger partial charge in [0, 0.05) is 17.5 Å². The number of nitrogens with one attached hydrogen (secondary N) is 1. The van der Waals surface area contributed by atoms with Crippen molar-refractivity contribution in [1.82, 2.24) is 10.4 Å². The lowest BCUT2D eigenvalue weighted by molar-refractivity contribution is 0.545. The molecule has 1 unspecified atom stereocenters. The summed E-state index contributed by atoms with van der Waals surface area (Å²) >= 11 is 0. The average molecular weight is 249 g/mol. The zero-order chi connectivity index (χ0) is 13.1. The minimum absolute atomic E-state index is 0.156. The van der Waals surface area contributed by atoms with Gasteiger partial charge >= 0.3 is 0 Å². The minimum Gasteiger partial charge on any atom is -0.271 e. The smallest absolute Gasteiger partial charge is 0.128 e. The maximum absolute atomic E-state index is 13.7. The van der Waals surface area contributed by atoms with Crippen LogP contribution in [0.3, 0.4) is 0 Å². The summed E-state index contributed by atoms with van der Waals surface area (Å²) in [5.74, 6) is 4.41. The van der Waals surface area contributed by atoms with Crippen molar-refractivity contribution in [3.63, 3.8) is 0 Å². The normalized spacial score (nSPS) is 12.4. The topological polar surface area (TPSA) is 50.9 Å². The Morgan fingerprint density at radius 3 is 2.61 bits per heavy atom. The molecule has 0 fully saturated rings. The predicted octanol–water partition coefficient (Wildman–Crippen LogP) is 2.22. The molecule has 0 aliphatic heterocycles. The first-order valence-electron chi connectivity index (χ1n) is 5.45. The van der Waals surface area contributed by atoms with Crippen LogP contribution in [0.2, 0.25) is 0 Å². The van der Waals surface area contributed by atoms with Gasteiger partial charge in [-0.15, -0.1) is 0 Å². The number of nitrogens with zero attached hydrogens (tertiary/aromatic N) is 1. The minimum atomic E-state index is -0.631. The van der Waals surface area contributed by atoms with E-state index >= 15 is 0 Å². The van der Waals surface area contributed by atoms with E-state index in [4.69, 9.17) is 5.84 Å². The molecule has 3 nitrogen and oxygen atoms in total. The van der Waals surface area contributed by atoms with E-state index in [0.717, 1.165) is 23.9 Å². The van der Waals surface area contributed by atoms with Crippen LogP contribution in [0.15, 0.2) is 36.5 Å². The Kier molecular flexibility index (Phi) is 3.64. The van der Waals surface area contributed by atoms with E-state index in [1.807, 2.05) is 6.92 Å². The molecule has 1 heterocycles. The maximum atomic E-state index is 13.7. The van der Waals surface area contributed by atoms with Crippen molar-refractivity contribution >= 4 is 0 Å². The van der Waals surface area contributed by atoms with Gasteiger partial charge in [0.2, 0.25) is 0 Å². The van der Waals surface area contributed by atoms with Crippen LogP contribution in [0.25, 0.3) is 0 Å². The highest BCUT2D eigenvalue weighted by Gasteiger charge is 2.17. The summed E-state index contributed by atoms with van der Waals surface area (Å²) in [4.78, 5) is 4.11. The molecule has 0 amide bonds. The van der Waals surface area contributed by atoms with Gasteiger partial charge in [0.15, 0.2) is 0 Å². The summed E-state index contributed by atoms with van der Waals surface area (Å²) in [6.45, 7) is 1.84. The van der Waals surface area contributed by atoms with Crippen LogP contribution < -0.4 is 11.3 Å². The molecule has 94 valence electrons. The van der Waals surface area contributed by atoms with Gasteiger partial charge < -0.3 is 0 Å². The number of hydrogen-bond donors (Lipinski definition) is 2. The molecule has 2 aromatic rings. The lowest BCUT2D eigenvalue weighted by Crippen LogP contribution is -2.29. The number of pyridine rings is 1. The van der Waals surface area contributed by atoms with Gasteiger partial charge in [-0.2, -0.15) is 0 Å². The van der Waals surface area contributed by atoms with Crippen molar-refractivity contribution in [3.05, 3.63) is 65.0 Å². The number of rotatable bonds is 3. The van der Waals surface area contributed by atoms with Gasteiger partial charge in [0.1, 0.15) is 11.6 Å². The first kappa shape index (κ1) is 12.6. The molecule has 2 rings (SSSR count). The second-order valence-corrected chi connectivity index (χ2v) is 4.00. The summed E-state index contributed by atoms with van der Waals surface area (Å²) < 4.78 is 26.9. The fourth-order valence-corrected chi connectivity index (χ4v) is 1.75. The van der Waals surface area contributed by atoms with E-state index in [-0.39, 0.29) is 5.56 Å². The molecule has 5 heteroatoms. The third kappa shape index (κ3) is 2.52. The molecule has 0 radical (unpaired) electrons. The Morgan fingerprint density at radius 1 is 1.22 bits per heavy atom. The highest BCUT2D eigenvalue weighted by molar-refractivity contribution is 5.32. The lowest BCUT2D eigenvalue weighted by Gasteiger charge is -2.17. The van der Waals surface area contributed by atoms with Crippen molar-refractivity contribution in [2.45, 2.75) is 13.0 Å². The Bertz CT molecular complexity index is 540. The molecular formula is C13H13F2N3. The monoisotopic (exact) mass is 249 g/mol. The van der Waals surface area contributed by atoms with Crippen LogP contribution in [0, 0.1) is 18.6 Å². The number of hydrogen-bond acceptors (Lipinski definition) is 3. The van der Waals surface area contributed by atoms with Gasteiger partial charge in [-0.05, 0) is 36.8 Å². The maximum Gasteiger partial charge on any atom is 0.128 e. The number of benzene rings is 1. The van der Waals surface area contributed by atoms with Crippen LogP contribution in [0.1, 0.15) is 22.9 Å². The predicted molar refractivity (Wildman–Crippen MR) is 64.5 cm³/mol. The molecule has 1 atom stereocenters. The number of nitrogens with two attached hydrogens (primary N) is 1. The van der Waals surface area contributed by atoms with Crippen molar-refractivity contribution in [3.8, 4) is 0 Å². The Labute approximate surface area is 104 Å². The summed E-state index contributed by atoms with van der Waals surface area (Å²) in [5.41, 5.74) is 4.15. The van der Waals surface area contributed by atoms with Crippen LogP contribution in [-0.2, 0) is 0 Å². The van der Waals surface area contributed by atoms with Crippen LogP contribution in [0.4, 0.5) is 8.78 Å². The van der Waals surface area contributed by atoms with Crippen molar-refractivity contribution in [2.75, 3.05) is 0 Å². The Hall–Kier alpha value is -1.85. The van der Waals surface area contributed by atoms with E-state index in [1.54, 1.807) is 18.3 Å². The van der Waals surface area contributed by atoms with Crippen molar-refractivity contribution in [1.29, 1.82) is 0 Å². The highest BCUT2D eigenvalue weighted by atomic mass is 19.1. The zero-order valence-electron chi connectivity index (χ0n) is 9.82. The van der Waals surface area contributed by atoms with Crippen LogP contribution >= 0.6 is 0 Å². The average Bonchev–Trinajstić information content (AvgIpc) is 2.37. The fourth-order valence-electron chi connectivity index (χ4n) is 1.75. The van der Waals surface area contributed by atoms with Crippen molar-refractivity contribution in [2.24, 2.45) is 5.84 Å². The summed E-state index contributed by atoms with van der Waals surface area (Å²) in [6.07, 6.45) is 1.59. The third-order valence-electron chi connectivity index (χ3n) is 2.70. The number of hydrazine groups is 1. The zero-order valence-corrected chi connectivity index (χ0v) is 9.82. The molecule has 1 aromatic heterocycles. The van der Waals surface area contributed by atoms with Crippen LogP contribution in [0.5, 0.6) is 0 Å². The first-order valence-corrected chi connectivity index (χ1v) is 5.45. The van der Waals surface area contributed by atoms with E-state index in [2.05, 4.69) is 10.4 Å². The largest absolute Gasteiger partial charge is 0.271 e. The van der Waals surface area contributed by atoms with Gasteiger partial charge in [-0.3, -0.25) is 10.8 Å². The first-order chi connectivity index (χ1) is 8.61. The summed E-state index contributed by atoms with van der Waals surface area (Å²) in [5, 5.41) is 0. The van der Waals surface area contributed by atoms with Crippen molar-refractivity contribution < 1.29 is 8.78 Å². The third-order valence-corrected chi connectivity index (χ3v) is 2.70. The quantitative estimate of drug-likeness (QED) is 0.647. The highest BCUT2D eigenvalue weighted by Crippen LogP contribution is 2.24. The van der Waals surface area contributed by atoms with E-state index < -0.39 is 17.7 Å². The Balaban J connectivity index is 2.44. The van der Waals surface area contributed by atoms with Gasteiger partial charge in [0.05, 0.1) is 6.04 Å².